The number of benzene rings is 1. The summed E-state index contributed by atoms with van der Waals surface area (Å²) in [6.07, 6.45) is 4.47. The van der Waals surface area contributed by atoms with E-state index in [1.54, 1.807) is 12.1 Å². The van der Waals surface area contributed by atoms with Crippen LogP contribution >= 0.6 is 0 Å². The fourth-order valence-corrected chi connectivity index (χ4v) is 4.33. The van der Waals surface area contributed by atoms with E-state index in [1.807, 2.05) is 12.1 Å². The van der Waals surface area contributed by atoms with Crippen LogP contribution in [0, 0.1) is 5.92 Å². The van der Waals surface area contributed by atoms with Crippen LogP contribution in [0.1, 0.15) is 49.0 Å². The summed E-state index contributed by atoms with van der Waals surface area (Å²) >= 11 is 0. The Labute approximate surface area is 156 Å². The van der Waals surface area contributed by atoms with Gasteiger partial charge in [-0.15, -0.1) is 0 Å². The summed E-state index contributed by atoms with van der Waals surface area (Å²) in [7, 11) is 0. The number of morpholine rings is 1. The van der Waals surface area contributed by atoms with Gasteiger partial charge in [-0.2, -0.15) is 0 Å². The number of hydrogen-bond acceptors (Lipinski definition) is 4. The molecule has 5 heteroatoms. The third-order valence-corrected chi connectivity index (χ3v) is 5.64. The first-order chi connectivity index (χ1) is 12.5. The van der Waals surface area contributed by atoms with Crippen molar-refractivity contribution in [3.63, 3.8) is 0 Å². The molecule has 144 valence electrons. The van der Waals surface area contributed by atoms with Gasteiger partial charge in [0.2, 0.25) is 0 Å². The molecule has 5 nitrogen and oxygen atoms in total. The lowest BCUT2D eigenvalue weighted by Gasteiger charge is -2.37. The molecule has 0 bridgehead atoms. The smallest absolute Gasteiger partial charge is 0.335 e. The first-order valence-electron chi connectivity index (χ1n) is 9.92. The molecule has 1 aromatic rings. The van der Waals surface area contributed by atoms with E-state index in [9.17, 15) is 4.79 Å². The van der Waals surface area contributed by atoms with Crippen molar-refractivity contribution >= 4 is 5.97 Å². The first kappa shape index (κ1) is 19.3. The number of carboxylic acids is 1. The van der Waals surface area contributed by atoms with E-state index in [1.165, 1.54) is 25.8 Å². The van der Waals surface area contributed by atoms with E-state index >= 15 is 0 Å². The SMILES string of the molecule is CC1CN(CCC2CCN(Cc3cccc(C(=O)O)c3)CC2)CC(C)O1. The van der Waals surface area contributed by atoms with Crippen molar-refractivity contribution in [3.8, 4) is 0 Å². The van der Waals surface area contributed by atoms with Gasteiger partial charge in [-0.1, -0.05) is 12.1 Å². The van der Waals surface area contributed by atoms with Crippen molar-refractivity contribution in [1.82, 2.24) is 9.80 Å². The third-order valence-electron chi connectivity index (χ3n) is 5.64. The van der Waals surface area contributed by atoms with Crippen molar-refractivity contribution < 1.29 is 14.6 Å². The summed E-state index contributed by atoms with van der Waals surface area (Å²) in [6.45, 7) is 10.7. The maximum Gasteiger partial charge on any atom is 0.335 e. The van der Waals surface area contributed by atoms with Gasteiger partial charge in [0.25, 0.3) is 0 Å². The van der Waals surface area contributed by atoms with E-state index in [0.717, 1.165) is 44.2 Å². The summed E-state index contributed by atoms with van der Waals surface area (Å²) in [6, 6.07) is 7.33. The van der Waals surface area contributed by atoms with Gasteiger partial charge in [0, 0.05) is 19.6 Å². The molecule has 3 rings (SSSR count). The summed E-state index contributed by atoms with van der Waals surface area (Å²) in [5, 5.41) is 9.12. The number of ether oxygens (including phenoxy) is 1. The molecule has 2 fully saturated rings. The number of nitrogens with zero attached hydrogens (tertiary/aromatic N) is 2. The lowest BCUT2D eigenvalue weighted by molar-refractivity contribution is -0.0693. The van der Waals surface area contributed by atoms with Crippen molar-refractivity contribution in [1.29, 1.82) is 0 Å². The predicted octanol–water partition coefficient (Wildman–Crippen LogP) is 3.10. The summed E-state index contributed by atoms with van der Waals surface area (Å²) in [4.78, 5) is 16.1. The standard InChI is InChI=1S/C21H32N2O3/c1-16-13-23(14-17(2)26-16)11-8-18-6-9-22(10-7-18)15-19-4-3-5-20(12-19)21(24)25/h3-5,12,16-18H,6-11,13-15H2,1-2H3,(H,24,25). The molecule has 2 atom stereocenters. The van der Waals surface area contributed by atoms with Crippen LogP contribution in [0.5, 0.6) is 0 Å². The van der Waals surface area contributed by atoms with Crippen LogP contribution in [0.25, 0.3) is 0 Å². The highest BCUT2D eigenvalue weighted by Crippen LogP contribution is 2.23. The van der Waals surface area contributed by atoms with E-state index in [0.29, 0.717) is 17.8 Å². The lowest BCUT2D eigenvalue weighted by atomic mass is 9.93. The molecule has 2 saturated heterocycles. The zero-order valence-corrected chi connectivity index (χ0v) is 16.1. The summed E-state index contributed by atoms with van der Waals surface area (Å²) in [5.41, 5.74) is 1.48. The largest absolute Gasteiger partial charge is 0.478 e. The molecule has 0 amide bonds. The molecule has 0 spiro atoms. The molecule has 2 unspecified atom stereocenters. The highest BCUT2D eigenvalue weighted by atomic mass is 16.5. The number of rotatable bonds is 6. The number of carbonyl (C=O) groups is 1. The zero-order valence-electron chi connectivity index (χ0n) is 16.1. The van der Waals surface area contributed by atoms with E-state index in [-0.39, 0.29) is 0 Å². The molecule has 0 radical (unpaired) electrons. The molecule has 0 aliphatic carbocycles. The molecular formula is C21H32N2O3. The Balaban J connectivity index is 1.40. The molecular weight excluding hydrogens is 328 g/mol. The molecule has 0 saturated carbocycles. The lowest BCUT2D eigenvalue weighted by Crippen LogP contribution is -2.46. The van der Waals surface area contributed by atoms with Gasteiger partial charge < -0.3 is 9.84 Å². The minimum Gasteiger partial charge on any atom is -0.478 e. The minimum atomic E-state index is -0.850. The zero-order chi connectivity index (χ0) is 18.5. The maximum atomic E-state index is 11.1. The second-order valence-corrected chi connectivity index (χ2v) is 8.03. The average molecular weight is 360 g/mol. The highest BCUT2D eigenvalue weighted by molar-refractivity contribution is 5.87. The Kier molecular flexibility index (Phi) is 6.68. The molecule has 2 aliphatic heterocycles. The molecule has 1 aromatic carbocycles. The topological polar surface area (TPSA) is 53.0 Å². The van der Waals surface area contributed by atoms with Crippen LogP contribution in [0.15, 0.2) is 24.3 Å². The van der Waals surface area contributed by atoms with Crippen LogP contribution in [0.2, 0.25) is 0 Å². The van der Waals surface area contributed by atoms with Gasteiger partial charge in [0.1, 0.15) is 0 Å². The van der Waals surface area contributed by atoms with Gasteiger partial charge in [-0.05, 0) is 76.4 Å². The second-order valence-electron chi connectivity index (χ2n) is 8.03. The van der Waals surface area contributed by atoms with Crippen LogP contribution < -0.4 is 0 Å². The average Bonchev–Trinajstić information content (AvgIpc) is 2.60. The quantitative estimate of drug-likeness (QED) is 0.845. The molecule has 2 heterocycles. The fraction of sp³-hybridized carbons (Fsp3) is 0.667. The summed E-state index contributed by atoms with van der Waals surface area (Å²) in [5.74, 6) is -0.0395. The van der Waals surface area contributed by atoms with Crippen LogP contribution in [-0.4, -0.2) is 65.8 Å². The van der Waals surface area contributed by atoms with Crippen LogP contribution in [-0.2, 0) is 11.3 Å². The Morgan fingerprint density at radius 3 is 2.50 bits per heavy atom. The summed E-state index contributed by atoms with van der Waals surface area (Å²) < 4.78 is 5.82. The third kappa shape index (κ3) is 5.53. The van der Waals surface area contributed by atoms with Crippen molar-refractivity contribution in [2.75, 3.05) is 32.7 Å². The minimum absolute atomic E-state index is 0.349. The van der Waals surface area contributed by atoms with Gasteiger partial charge in [-0.25, -0.2) is 4.79 Å². The predicted molar refractivity (Wildman–Crippen MR) is 102 cm³/mol. The van der Waals surface area contributed by atoms with Gasteiger partial charge in [0.15, 0.2) is 0 Å². The number of carboxylic acid groups (broad SMARTS) is 1. The molecule has 2 aliphatic rings. The van der Waals surface area contributed by atoms with Crippen LogP contribution in [0.4, 0.5) is 0 Å². The fourth-order valence-electron chi connectivity index (χ4n) is 4.33. The number of likely N-dealkylation sites (tertiary alicyclic amines) is 1. The van der Waals surface area contributed by atoms with Crippen molar-refractivity contribution in [3.05, 3.63) is 35.4 Å². The maximum absolute atomic E-state index is 11.1. The molecule has 0 aromatic heterocycles. The van der Waals surface area contributed by atoms with Crippen molar-refractivity contribution in [2.45, 2.75) is 51.9 Å². The Bertz CT molecular complexity index is 589. The highest BCUT2D eigenvalue weighted by Gasteiger charge is 2.24. The Morgan fingerprint density at radius 1 is 1.15 bits per heavy atom. The number of piperidine rings is 1. The number of aromatic carboxylic acids is 1. The number of hydrogen-bond donors (Lipinski definition) is 1. The first-order valence-corrected chi connectivity index (χ1v) is 9.92. The van der Waals surface area contributed by atoms with Gasteiger partial charge >= 0.3 is 5.97 Å². The van der Waals surface area contributed by atoms with E-state index in [2.05, 4.69) is 23.6 Å². The molecule has 26 heavy (non-hydrogen) atoms. The molecule has 1 N–H and O–H groups in total. The van der Waals surface area contributed by atoms with E-state index in [4.69, 9.17) is 9.84 Å². The Morgan fingerprint density at radius 2 is 1.85 bits per heavy atom. The van der Waals surface area contributed by atoms with Gasteiger partial charge in [-0.3, -0.25) is 9.80 Å². The Hall–Kier alpha value is -1.43. The normalized spacial score (nSPS) is 26.1. The van der Waals surface area contributed by atoms with Gasteiger partial charge in [0.05, 0.1) is 17.8 Å². The van der Waals surface area contributed by atoms with E-state index < -0.39 is 5.97 Å². The monoisotopic (exact) mass is 360 g/mol. The van der Waals surface area contributed by atoms with Crippen molar-refractivity contribution in [2.24, 2.45) is 5.92 Å². The van der Waals surface area contributed by atoms with Crippen LogP contribution in [0.3, 0.4) is 0 Å². The second kappa shape index (κ2) is 8.98.